The molecule has 1 aliphatic carbocycles. The van der Waals surface area contributed by atoms with E-state index in [0.717, 1.165) is 30.7 Å². The number of aromatic nitrogens is 1. The lowest BCUT2D eigenvalue weighted by molar-refractivity contribution is -0.142. The average Bonchev–Trinajstić information content (AvgIpc) is 3.18. The van der Waals surface area contributed by atoms with Gasteiger partial charge in [0.25, 0.3) is 0 Å². The molecule has 0 spiro atoms. The Morgan fingerprint density at radius 1 is 1.34 bits per heavy atom. The number of carbonyl (C=O) groups excluding carboxylic acids is 2. The molecule has 1 aromatic rings. The van der Waals surface area contributed by atoms with Crippen molar-refractivity contribution in [3.8, 4) is 0 Å². The lowest BCUT2D eigenvalue weighted by atomic mass is 9.69. The number of dihydropyridines is 1. The SMILES string of the molecule is CC1=C(C(=O)OCC2CCCO2)C(c2ccccn2)C2=C(CC(C)(C)CC2=O)N1. The number of pyridine rings is 1. The number of carbonyl (C=O) groups is 2. The minimum Gasteiger partial charge on any atom is -0.459 e. The second-order valence-corrected chi connectivity index (χ2v) is 8.92. The molecule has 0 aromatic carbocycles. The molecule has 0 bridgehead atoms. The zero-order chi connectivity index (χ0) is 20.6. The van der Waals surface area contributed by atoms with Crippen molar-refractivity contribution in [2.75, 3.05) is 13.2 Å². The Bertz CT molecular complexity index is 879. The summed E-state index contributed by atoms with van der Waals surface area (Å²) in [5.41, 5.74) is 3.32. The summed E-state index contributed by atoms with van der Waals surface area (Å²) in [5.74, 6) is -0.852. The van der Waals surface area contributed by atoms with Crippen molar-refractivity contribution in [2.24, 2.45) is 5.41 Å². The summed E-state index contributed by atoms with van der Waals surface area (Å²) in [6.07, 6.45) is 4.75. The summed E-state index contributed by atoms with van der Waals surface area (Å²) in [4.78, 5) is 30.8. The van der Waals surface area contributed by atoms with Gasteiger partial charge in [0.15, 0.2) is 5.78 Å². The highest BCUT2D eigenvalue weighted by atomic mass is 16.6. The molecule has 1 N–H and O–H groups in total. The second-order valence-electron chi connectivity index (χ2n) is 8.92. The molecule has 3 heterocycles. The van der Waals surface area contributed by atoms with Crippen molar-refractivity contribution in [3.05, 3.63) is 52.6 Å². The third kappa shape index (κ3) is 3.99. The van der Waals surface area contributed by atoms with E-state index in [1.54, 1.807) is 6.20 Å². The minimum atomic E-state index is -0.506. The Kier molecular flexibility index (Phi) is 5.30. The molecule has 6 nitrogen and oxygen atoms in total. The lowest BCUT2D eigenvalue weighted by Crippen LogP contribution is -2.39. The van der Waals surface area contributed by atoms with Gasteiger partial charge in [0.2, 0.25) is 0 Å². The minimum absolute atomic E-state index is 0.0448. The Labute approximate surface area is 171 Å². The number of hydrogen-bond donors (Lipinski definition) is 1. The van der Waals surface area contributed by atoms with E-state index in [-0.39, 0.29) is 23.9 Å². The molecular weight excluding hydrogens is 368 g/mol. The summed E-state index contributed by atoms with van der Waals surface area (Å²) in [6, 6.07) is 5.58. The number of ether oxygens (including phenoxy) is 2. The number of ketones is 1. The van der Waals surface area contributed by atoms with Crippen molar-refractivity contribution in [3.63, 3.8) is 0 Å². The van der Waals surface area contributed by atoms with Crippen LogP contribution < -0.4 is 5.32 Å². The first-order chi connectivity index (χ1) is 13.9. The Morgan fingerprint density at radius 3 is 2.86 bits per heavy atom. The molecule has 2 atom stereocenters. The quantitative estimate of drug-likeness (QED) is 0.786. The van der Waals surface area contributed by atoms with Gasteiger partial charge in [-0.2, -0.15) is 0 Å². The van der Waals surface area contributed by atoms with Crippen LogP contribution in [0.2, 0.25) is 0 Å². The molecule has 1 aromatic heterocycles. The van der Waals surface area contributed by atoms with Crippen LogP contribution in [0.4, 0.5) is 0 Å². The topological polar surface area (TPSA) is 77.5 Å². The fourth-order valence-corrected chi connectivity index (χ4v) is 4.57. The number of allylic oxidation sites excluding steroid dienone is 3. The van der Waals surface area contributed by atoms with Crippen LogP contribution in [-0.4, -0.2) is 36.1 Å². The standard InChI is InChI=1S/C23H28N2O4/c1-14-19(22(27)29-13-15-7-6-10-28-15)21(16-8-4-5-9-24-16)20-17(25-14)11-23(2,3)12-18(20)26/h4-5,8-9,15,21,25H,6-7,10-13H2,1-3H3. The highest BCUT2D eigenvalue weighted by Crippen LogP contribution is 2.46. The molecule has 0 saturated carbocycles. The maximum Gasteiger partial charge on any atom is 0.336 e. The van der Waals surface area contributed by atoms with E-state index in [9.17, 15) is 9.59 Å². The van der Waals surface area contributed by atoms with Crippen LogP contribution in [0, 0.1) is 5.41 Å². The van der Waals surface area contributed by atoms with E-state index in [2.05, 4.69) is 24.1 Å². The summed E-state index contributed by atoms with van der Waals surface area (Å²) in [5, 5.41) is 3.34. The van der Waals surface area contributed by atoms with Crippen molar-refractivity contribution >= 4 is 11.8 Å². The van der Waals surface area contributed by atoms with E-state index < -0.39 is 11.9 Å². The Balaban J connectivity index is 1.70. The predicted octanol–water partition coefficient (Wildman–Crippen LogP) is 3.41. The van der Waals surface area contributed by atoms with E-state index in [1.165, 1.54) is 0 Å². The van der Waals surface area contributed by atoms with Crippen LogP contribution in [0.1, 0.15) is 58.1 Å². The van der Waals surface area contributed by atoms with Gasteiger partial charge in [0.05, 0.1) is 23.3 Å². The molecule has 6 heteroatoms. The molecule has 1 fully saturated rings. The first-order valence-electron chi connectivity index (χ1n) is 10.3. The van der Waals surface area contributed by atoms with Crippen LogP contribution in [0.25, 0.3) is 0 Å². The van der Waals surface area contributed by atoms with Gasteiger partial charge in [-0.25, -0.2) is 4.79 Å². The summed E-state index contributed by atoms with van der Waals surface area (Å²) < 4.78 is 11.2. The maximum absolute atomic E-state index is 13.1. The lowest BCUT2D eigenvalue weighted by Gasteiger charge is -2.39. The molecule has 154 valence electrons. The number of Topliss-reactive ketones (excluding diaryl/α,β-unsaturated/α-hetero) is 1. The van der Waals surface area contributed by atoms with Crippen molar-refractivity contribution in [1.82, 2.24) is 10.3 Å². The number of nitrogens with zero attached hydrogens (tertiary/aromatic N) is 1. The number of rotatable bonds is 4. The highest BCUT2D eigenvalue weighted by molar-refractivity contribution is 6.04. The fourth-order valence-electron chi connectivity index (χ4n) is 4.57. The Morgan fingerprint density at radius 2 is 2.17 bits per heavy atom. The third-order valence-electron chi connectivity index (χ3n) is 5.87. The molecule has 2 aliphatic heterocycles. The van der Waals surface area contributed by atoms with Gasteiger partial charge in [0.1, 0.15) is 6.61 Å². The number of nitrogens with one attached hydrogen (secondary N) is 1. The average molecular weight is 396 g/mol. The van der Waals surface area contributed by atoms with Crippen LogP contribution in [0.15, 0.2) is 46.9 Å². The monoisotopic (exact) mass is 396 g/mol. The van der Waals surface area contributed by atoms with Gasteiger partial charge in [0, 0.05) is 36.2 Å². The van der Waals surface area contributed by atoms with E-state index in [4.69, 9.17) is 9.47 Å². The molecule has 3 aliphatic rings. The molecular formula is C23H28N2O4. The zero-order valence-electron chi connectivity index (χ0n) is 17.3. The van der Waals surface area contributed by atoms with E-state index >= 15 is 0 Å². The van der Waals surface area contributed by atoms with Crippen molar-refractivity contribution in [1.29, 1.82) is 0 Å². The van der Waals surface area contributed by atoms with Gasteiger partial charge in [-0.05, 0) is 43.7 Å². The van der Waals surface area contributed by atoms with Crippen LogP contribution in [0.5, 0.6) is 0 Å². The van der Waals surface area contributed by atoms with E-state index in [1.807, 2.05) is 25.1 Å². The van der Waals surface area contributed by atoms with E-state index in [0.29, 0.717) is 29.9 Å². The van der Waals surface area contributed by atoms with Crippen LogP contribution in [0.3, 0.4) is 0 Å². The van der Waals surface area contributed by atoms with Crippen LogP contribution >= 0.6 is 0 Å². The van der Waals surface area contributed by atoms with Gasteiger partial charge >= 0.3 is 5.97 Å². The second kappa shape index (κ2) is 7.75. The summed E-state index contributed by atoms with van der Waals surface area (Å²) in [6.45, 7) is 7.00. The van der Waals surface area contributed by atoms with Crippen molar-refractivity contribution < 1.29 is 19.1 Å². The first kappa shape index (κ1) is 19.8. The normalized spacial score (nSPS) is 26.2. The zero-order valence-corrected chi connectivity index (χ0v) is 17.3. The van der Waals surface area contributed by atoms with Gasteiger partial charge in [-0.15, -0.1) is 0 Å². The molecule has 2 unspecified atom stereocenters. The smallest absolute Gasteiger partial charge is 0.336 e. The molecule has 29 heavy (non-hydrogen) atoms. The molecule has 0 radical (unpaired) electrons. The Hall–Kier alpha value is -2.47. The fraction of sp³-hybridized carbons (Fsp3) is 0.522. The number of esters is 1. The largest absolute Gasteiger partial charge is 0.459 e. The maximum atomic E-state index is 13.1. The third-order valence-corrected chi connectivity index (χ3v) is 5.87. The summed E-state index contributed by atoms with van der Waals surface area (Å²) >= 11 is 0. The summed E-state index contributed by atoms with van der Waals surface area (Å²) in [7, 11) is 0. The van der Waals surface area contributed by atoms with Crippen LogP contribution in [-0.2, 0) is 19.1 Å². The van der Waals surface area contributed by atoms with Crippen molar-refractivity contribution in [2.45, 2.75) is 58.5 Å². The van der Waals surface area contributed by atoms with Gasteiger partial charge in [-0.3, -0.25) is 9.78 Å². The molecule has 0 amide bonds. The molecule has 1 saturated heterocycles. The van der Waals surface area contributed by atoms with Gasteiger partial charge < -0.3 is 14.8 Å². The molecule has 4 rings (SSSR count). The predicted molar refractivity (Wildman–Crippen MR) is 108 cm³/mol. The number of hydrogen-bond acceptors (Lipinski definition) is 6. The van der Waals surface area contributed by atoms with Gasteiger partial charge in [-0.1, -0.05) is 19.9 Å². The highest BCUT2D eigenvalue weighted by Gasteiger charge is 2.43. The first-order valence-corrected chi connectivity index (χ1v) is 10.3.